The molecule has 0 saturated carbocycles. The molecule has 0 spiro atoms. The monoisotopic (exact) mass is 278 g/mol. The lowest BCUT2D eigenvalue weighted by atomic mass is 9.94. The minimum atomic E-state index is -0.816. The number of aliphatic carboxylic acids is 1. The third-order valence-corrected chi connectivity index (χ3v) is 2.77. The molecule has 0 heterocycles. The molecule has 1 aromatic carbocycles. The maximum absolute atomic E-state index is 11.2. The van der Waals surface area contributed by atoms with Gasteiger partial charge in [0.2, 0.25) is 0 Å². The van der Waals surface area contributed by atoms with Crippen LogP contribution in [0.1, 0.15) is 32.8 Å². The summed E-state index contributed by atoms with van der Waals surface area (Å²) in [6.07, 6.45) is 0.813. The highest BCUT2D eigenvalue weighted by atomic mass is 35.5. The van der Waals surface area contributed by atoms with Gasteiger partial charge in [-0.2, -0.15) is 0 Å². The molecule has 0 aliphatic carbocycles. The maximum Gasteiger partial charge on any atom is 0.307 e. The topological polar surface area (TPSA) is 37.3 Å². The number of rotatable bonds is 4. The van der Waals surface area contributed by atoms with E-state index < -0.39 is 11.9 Å². The van der Waals surface area contributed by atoms with Gasteiger partial charge < -0.3 is 5.11 Å². The van der Waals surface area contributed by atoms with Crippen molar-refractivity contribution in [2.24, 2.45) is 11.3 Å². The van der Waals surface area contributed by atoms with Gasteiger partial charge in [-0.05, 0) is 44.9 Å². The van der Waals surface area contributed by atoms with Crippen LogP contribution < -0.4 is 0 Å². The van der Waals surface area contributed by atoms with Gasteiger partial charge in [-0.1, -0.05) is 29.7 Å². The molecule has 0 saturated heterocycles. The SMILES string of the molecule is CC(C)(C)C#CCC(Cc1cccc(Cl)c1)C(=O)O. The highest BCUT2D eigenvalue weighted by Gasteiger charge is 2.17. The maximum atomic E-state index is 11.2. The first-order chi connectivity index (χ1) is 8.78. The summed E-state index contributed by atoms with van der Waals surface area (Å²) in [6.45, 7) is 6.02. The summed E-state index contributed by atoms with van der Waals surface area (Å²) in [5.74, 6) is 4.73. The summed E-state index contributed by atoms with van der Waals surface area (Å²) >= 11 is 5.90. The van der Waals surface area contributed by atoms with E-state index in [-0.39, 0.29) is 5.41 Å². The van der Waals surface area contributed by atoms with Crippen molar-refractivity contribution in [2.45, 2.75) is 33.6 Å². The van der Waals surface area contributed by atoms with Crippen LogP contribution >= 0.6 is 11.6 Å². The summed E-state index contributed by atoms with van der Waals surface area (Å²) in [5.41, 5.74) is 0.830. The summed E-state index contributed by atoms with van der Waals surface area (Å²) in [7, 11) is 0. The second-order valence-corrected chi connectivity index (χ2v) is 6.06. The number of carboxylic acids is 1. The Morgan fingerprint density at radius 2 is 2.11 bits per heavy atom. The average molecular weight is 279 g/mol. The van der Waals surface area contributed by atoms with E-state index in [1.807, 2.05) is 32.9 Å². The van der Waals surface area contributed by atoms with Crippen molar-refractivity contribution < 1.29 is 9.90 Å². The molecule has 1 atom stereocenters. The van der Waals surface area contributed by atoms with Crippen molar-refractivity contribution in [3.8, 4) is 11.8 Å². The van der Waals surface area contributed by atoms with Crippen molar-refractivity contribution >= 4 is 17.6 Å². The fraction of sp³-hybridized carbons (Fsp3) is 0.438. The molecule has 0 bridgehead atoms. The van der Waals surface area contributed by atoms with Crippen LogP contribution in [0, 0.1) is 23.2 Å². The largest absolute Gasteiger partial charge is 0.481 e. The highest BCUT2D eigenvalue weighted by Crippen LogP contribution is 2.17. The van der Waals surface area contributed by atoms with Gasteiger partial charge >= 0.3 is 5.97 Å². The predicted molar refractivity (Wildman–Crippen MR) is 78.1 cm³/mol. The van der Waals surface area contributed by atoms with Gasteiger partial charge in [0.05, 0.1) is 5.92 Å². The second kappa shape index (κ2) is 6.63. The van der Waals surface area contributed by atoms with Gasteiger partial charge in [-0.15, -0.1) is 5.92 Å². The Labute approximate surface area is 119 Å². The standard InChI is InChI=1S/C16H19ClO2/c1-16(2,3)9-5-7-13(15(18)19)10-12-6-4-8-14(17)11-12/h4,6,8,11,13H,7,10H2,1-3H3,(H,18,19). The molecule has 3 heteroatoms. The van der Waals surface area contributed by atoms with Gasteiger partial charge in [-0.25, -0.2) is 0 Å². The molecule has 1 aromatic rings. The van der Waals surface area contributed by atoms with E-state index in [1.165, 1.54) is 0 Å². The van der Waals surface area contributed by atoms with Crippen LogP contribution in [0.15, 0.2) is 24.3 Å². The number of hydrogen-bond acceptors (Lipinski definition) is 1. The van der Waals surface area contributed by atoms with E-state index in [4.69, 9.17) is 11.6 Å². The zero-order chi connectivity index (χ0) is 14.5. The van der Waals surface area contributed by atoms with Crippen LogP contribution in [0.5, 0.6) is 0 Å². The highest BCUT2D eigenvalue weighted by molar-refractivity contribution is 6.30. The molecule has 0 fully saturated rings. The van der Waals surface area contributed by atoms with Crippen LogP contribution in [-0.2, 0) is 11.2 Å². The smallest absolute Gasteiger partial charge is 0.307 e. The molecule has 0 radical (unpaired) electrons. The predicted octanol–water partition coefficient (Wildman–Crippen LogP) is 4.02. The first-order valence-electron chi connectivity index (χ1n) is 6.25. The minimum absolute atomic E-state index is 0.0981. The molecule has 0 aromatic heterocycles. The van der Waals surface area contributed by atoms with E-state index in [1.54, 1.807) is 12.1 Å². The molecule has 1 N–H and O–H groups in total. The van der Waals surface area contributed by atoms with E-state index >= 15 is 0 Å². The lowest BCUT2D eigenvalue weighted by Gasteiger charge is -2.11. The number of benzene rings is 1. The van der Waals surface area contributed by atoms with E-state index in [9.17, 15) is 9.90 Å². The quantitative estimate of drug-likeness (QED) is 0.845. The number of halogens is 1. The normalized spacial score (nSPS) is 12.4. The number of carboxylic acid groups (broad SMARTS) is 1. The Kier molecular flexibility index (Phi) is 5.44. The van der Waals surface area contributed by atoms with Gasteiger partial charge in [0.15, 0.2) is 0 Å². The Balaban J connectivity index is 2.73. The number of carbonyl (C=O) groups is 1. The molecular weight excluding hydrogens is 260 g/mol. The fourth-order valence-electron chi connectivity index (χ4n) is 1.63. The molecule has 1 unspecified atom stereocenters. The first-order valence-corrected chi connectivity index (χ1v) is 6.63. The van der Waals surface area contributed by atoms with Crippen LogP contribution in [0.4, 0.5) is 0 Å². The zero-order valence-electron chi connectivity index (χ0n) is 11.5. The van der Waals surface area contributed by atoms with Crippen LogP contribution in [0.3, 0.4) is 0 Å². The van der Waals surface area contributed by atoms with Crippen molar-refractivity contribution in [1.29, 1.82) is 0 Å². The van der Waals surface area contributed by atoms with Crippen molar-refractivity contribution in [1.82, 2.24) is 0 Å². The Bertz CT molecular complexity index is 503. The molecule has 0 aliphatic rings. The average Bonchev–Trinajstić information content (AvgIpc) is 2.26. The third kappa shape index (κ3) is 6.31. The summed E-state index contributed by atoms with van der Waals surface area (Å²) < 4.78 is 0. The zero-order valence-corrected chi connectivity index (χ0v) is 12.3. The summed E-state index contributed by atoms with van der Waals surface area (Å²) in [6, 6.07) is 7.30. The van der Waals surface area contributed by atoms with Crippen molar-refractivity contribution in [2.75, 3.05) is 0 Å². The van der Waals surface area contributed by atoms with E-state index in [0.717, 1.165) is 5.56 Å². The van der Waals surface area contributed by atoms with E-state index in [2.05, 4.69) is 11.8 Å². The molecule has 0 amide bonds. The molecule has 0 aliphatic heterocycles. The minimum Gasteiger partial charge on any atom is -0.481 e. The van der Waals surface area contributed by atoms with Gasteiger partial charge in [0.1, 0.15) is 0 Å². The molecule has 2 nitrogen and oxygen atoms in total. The Morgan fingerprint density at radius 1 is 1.42 bits per heavy atom. The number of hydrogen-bond donors (Lipinski definition) is 1. The molecule has 1 rings (SSSR count). The Morgan fingerprint density at radius 3 is 2.63 bits per heavy atom. The van der Waals surface area contributed by atoms with Crippen molar-refractivity contribution in [3.05, 3.63) is 34.9 Å². The van der Waals surface area contributed by atoms with Gasteiger partial charge in [0, 0.05) is 16.9 Å². The van der Waals surface area contributed by atoms with Gasteiger partial charge in [-0.3, -0.25) is 4.79 Å². The lowest BCUT2D eigenvalue weighted by Crippen LogP contribution is -2.16. The van der Waals surface area contributed by atoms with Crippen LogP contribution in [0.25, 0.3) is 0 Å². The van der Waals surface area contributed by atoms with Crippen LogP contribution in [-0.4, -0.2) is 11.1 Å². The third-order valence-electron chi connectivity index (χ3n) is 2.53. The molecule has 102 valence electrons. The molecular formula is C16H19ClO2. The van der Waals surface area contributed by atoms with Crippen LogP contribution in [0.2, 0.25) is 5.02 Å². The lowest BCUT2D eigenvalue weighted by molar-refractivity contribution is -0.141. The van der Waals surface area contributed by atoms with Crippen molar-refractivity contribution in [3.63, 3.8) is 0 Å². The second-order valence-electron chi connectivity index (χ2n) is 5.63. The summed E-state index contributed by atoms with van der Waals surface area (Å²) in [5, 5.41) is 9.86. The summed E-state index contributed by atoms with van der Waals surface area (Å²) in [4.78, 5) is 11.2. The Hall–Kier alpha value is -1.46. The molecule has 19 heavy (non-hydrogen) atoms. The first kappa shape index (κ1) is 15.6. The fourth-order valence-corrected chi connectivity index (χ4v) is 1.85. The van der Waals surface area contributed by atoms with Gasteiger partial charge in [0.25, 0.3) is 0 Å². The van der Waals surface area contributed by atoms with E-state index in [0.29, 0.717) is 17.9 Å².